The van der Waals surface area contributed by atoms with Crippen LogP contribution in [0.5, 0.6) is 0 Å². The van der Waals surface area contributed by atoms with E-state index in [0.717, 1.165) is 16.9 Å². The summed E-state index contributed by atoms with van der Waals surface area (Å²) in [5.74, 6) is -0.984. The maximum Gasteiger partial charge on any atom is 0.286 e. The van der Waals surface area contributed by atoms with Gasteiger partial charge in [-0.05, 0) is 54.2 Å². The Labute approximate surface area is 196 Å². The van der Waals surface area contributed by atoms with E-state index in [9.17, 15) is 17.6 Å². The van der Waals surface area contributed by atoms with Gasteiger partial charge in [-0.3, -0.25) is 4.79 Å². The van der Waals surface area contributed by atoms with Crippen LogP contribution in [0.15, 0.2) is 53.4 Å². The number of nitrogens with zero attached hydrogens (tertiary/aromatic N) is 3. The maximum absolute atomic E-state index is 13.4. The molecule has 1 amide bonds. The highest BCUT2D eigenvalue weighted by atomic mass is 32.2. The van der Waals surface area contributed by atoms with Crippen molar-refractivity contribution < 1.29 is 17.6 Å². The topological polar surface area (TPSA) is 92.3 Å². The number of aromatic nitrogens is 2. The highest BCUT2D eigenvalue weighted by Crippen LogP contribution is 2.38. The minimum atomic E-state index is -3.73. The number of hydrogen-bond donors (Lipinski definition) is 1. The van der Waals surface area contributed by atoms with E-state index in [2.05, 4.69) is 36.3 Å². The summed E-state index contributed by atoms with van der Waals surface area (Å²) >= 11 is 1.05. The quantitative estimate of drug-likeness (QED) is 0.559. The van der Waals surface area contributed by atoms with Crippen LogP contribution < -0.4 is 5.32 Å². The summed E-state index contributed by atoms with van der Waals surface area (Å²) in [6.45, 7) is 6.60. The second kappa shape index (κ2) is 8.92. The van der Waals surface area contributed by atoms with Gasteiger partial charge < -0.3 is 5.32 Å². The minimum absolute atomic E-state index is 0.0759. The van der Waals surface area contributed by atoms with Gasteiger partial charge in [0, 0.05) is 12.2 Å². The molecule has 174 valence electrons. The molecular weight excluding hydrogens is 463 g/mol. The molecule has 10 heteroatoms. The van der Waals surface area contributed by atoms with Gasteiger partial charge in [-0.25, -0.2) is 12.8 Å². The molecule has 2 aromatic carbocycles. The number of sulfonamides is 1. The predicted molar refractivity (Wildman–Crippen MR) is 125 cm³/mol. The molecule has 2 heterocycles. The van der Waals surface area contributed by atoms with E-state index in [1.165, 1.54) is 22.5 Å². The normalized spacial score (nSPS) is 17.3. The van der Waals surface area contributed by atoms with Crippen molar-refractivity contribution in [1.29, 1.82) is 0 Å². The Morgan fingerprint density at radius 1 is 1.15 bits per heavy atom. The van der Waals surface area contributed by atoms with E-state index in [-0.39, 0.29) is 15.3 Å². The number of rotatable bonds is 5. The molecule has 7 nitrogen and oxygen atoms in total. The van der Waals surface area contributed by atoms with E-state index in [0.29, 0.717) is 30.1 Å². The lowest BCUT2D eigenvalue weighted by Crippen LogP contribution is -2.30. The number of nitrogens with one attached hydrogen (secondary N) is 1. The molecule has 1 N–H and O–H groups in total. The molecule has 33 heavy (non-hydrogen) atoms. The summed E-state index contributed by atoms with van der Waals surface area (Å²) < 4.78 is 41.5. The van der Waals surface area contributed by atoms with Gasteiger partial charge in [-0.2, -0.15) is 4.31 Å². The summed E-state index contributed by atoms with van der Waals surface area (Å²) in [7, 11) is -3.73. The Hall–Kier alpha value is -2.69. The number of anilines is 1. The first-order chi connectivity index (χ1) is 15.6. The Morgan fingerprint density at radius 3 is 2.55 bits per heavy atom. The lowest BCUT2D eigenvalue weighted by molar-refractivity contribution is 0.102. The van der Waals surface area contributed by atoms with Crippen molar-refractivity contribution in [3.05, 3.63) is 69.9 Å². The van der Waals surface area contributed by atoms with Gasteiger partial charge in [0.15, 0.2) is 0 Å². The molecule has 1 aromatic heterocycles. The molecule has 0 bridgehead atoms. The van der Waals surface area contributed by atoms with E-state index >= 15 is 0 Å². The van der Waals surface area contributed by atoms with Crippen LogP contribution >= 0.6 is 11.3 Å². The highest BCUT2D eigenvalue weighted by molar-refractivity contribution is 7.89. The Kier molecular flexibility index (Phi) is 6.35. The first kappa shape index (κ1) is 23.5. The molecule has 4 rings (SSSR count). The van der Waals surface area contributed by atoms with E-state index in [1.54, 1.807) is 18.2 Å². The fourth-order valence-electron chi connectivity index (χ4n) is 3.75. The molecule has 1 aliphatic heterocycles. The zero-order valence-corrected chi connectivity index (χ0v) is 20.2. The number of hydrogen-bond acceptors (Lipinski definition) is 6. The highest BCUT2D eigenvalue weighted by Gasteiger charge is 2.38. The van der Waals surface area contributed by atoms with Crippen molar-refractivity contribution in [2.75, 3.05) is 11.9 Å². The van der Waals surface area contributed by atoms with Gasteiger partial charge >= 0.3 is 0 Å². The molecule has 1 unspecified atom stereocenters. The second-order valence-corrected chi connectivity index (χ2v) is 11.9. The molecule has 0 aliphatic carbocycles. The van der Waals surface area contributed by atoms with E-state index in [1.807, 2.05) is 12.1 Å². The van der Waals surface area contributed by atoms with Crippen LogP contribution in [0.1, 0.15) is 60.0 Å². The van der Waals surface area contributed by atoms with Crippen LogP contribution in [0.25, 0.3) is 0 Å². The van der Waals surface area contributed by atoms with Gasteiger partial charge in [0.05, 0.1) is 10.9 Å². The van der Waals surface area contributed by atoms with Crippen molar-refractivity contribution in [3.63, 3.8) is 0 Å². The molecule has 1 atom stereocenters. The van der Waals surface area contributed by atoms with Crippen molar-refractivity contribution in [2.45, 2.75) is 50.0 Å². The predicted octanol–water partition coefficient (Wildman–Crippen LogP) is 4.75. The molecule has 1 fully saturated rings. The Balaban J connectivity index is 1.54. The van der Waals surface area contributed by atoms with Crippen LogP contribution in [0.2, 0.25) is 0 Å². The number of benzene rings is 2. The zero-order chi connectivity index (χ0) is 23.8. The first-order valence-electron chi connectivity index (χ1n) is 10.6. The standard InChI is InChI=1S/C23H25FN4O3S2/c1-23(2,3)15-9-11-18(12-10-15)33(30,31)28-13-5-8-19(28)21-26-27-22(32-21)20(29)25-17-7-4-6-16(24)14-17/h4,6-7,9-12,14,19H,5,8,13H2,1-3H3,(H,25,29). The molecule has 3 aromatic rings. The summed E-state index contributed by atoms with van der Waals surface area (Å²) in [6.07, 6.45) is 1.29. The molecule has 0 spiro atoms. The van der Waals surface area contributed by atoms with Crippen molar-refractivity contribution in [2.24, 2.45) is 0 Å². The molecule has 0 radical (unpaired) electrons. The average Bonchev–Trinajstić information content (AvgIpc) is 3.43. The Morgan fingerprint density at radius 2 is 1.88 bits per heavy atom. The SMILES string of the molecule is CC(C)(C)c1ccc(S(=O)(=O)N2CCCC2c2nnc(C(=O)Nc3cccc(F)c3)s2)cc1. The largest absolute Gasteiger partial charge is 0.320 e. The minimum Gasteiger partial charge on any atom is -0.320 e. The third-order valence-corrected chi connectivity index (χ3v) is 8.48. The maximum atomic E-state index is 13.4. The molecule has 1 saturated heterocycles. The fraction of sp³-hybridized carbons (Fsp3) is 0.348. The van der Waals surface area contributed by atoms with E-state index in [4.69, 9.17) is 0 Å². The van der Waals surface area contributed by atoms with Gasteiger partial charge in [-0.15, -0.1) is 10.2 Å². The average molecular weight is 489 g/mol. The zero-order valence-electron chi connectivity index (χ0n) is 18.6. The van der Waals surface area contributed by atoms with Gasteiger partial charge in [-0.1, -0.05) is 50.3 Å². The van der Waals surface area contributed by atoms with Crippen molar-refractivity contribution in [3.8, 4) is 0 Å². The summed E-state index contributed by atoms with van der Waals surface area (Å²) in [6, 6.07) is 12.0. The van der Waals surface area contributed by atoms with Crippen LogP contribution in [-0.4, -0.2) is 35.4 Å². The number of amides is 1. The smallest absolute Gasteiger partial charge is 0.286 e. The van der Waals surface area contributed by atoms with E-state index < -0.39 is 27.8 Å². The number of carbonyl (C=O) groups excluding carboxylic acids is 1. The van der Waals surface area contributed by atoms with Crippen molar-refractivity contribution >= 4 is 33.0 Å². The molecular formula is C23H25FN4O3S2. The molecule has 0 saturated carbocycles. The molecule has 1 aliphatic rings. The first-order valence-corrected chi connectivity index (χ1v) is 12.8. The van der Waals surface area contributed by atoms with Gasteiger partial charge in [0.1, 0.15) is 10.8 Å². The number of halogens is 1. The van der Waals surface area contributed by atoms with Gasteiger partial charge in [0.25, 0.3) is 5.91 Å². The van der Waals surface area contributed by atoms with Crippen LogP contribution in [0.4, 0.5) is 10.1 Å². The monoisotopic (exact) mass is 488 g/mol. The summed E-state index contributed by atoms with van der Waals surface area (Å²) in [4.78, 5) is 12.7. The van der Waals surface area contributed by atoms with Gasteiger partial charge in [0.2, 0.25) is 15.0 Å². The fourth-order valence-corrected chi connectivity index (χ4v) is 6.36. The van der Waals surface area contributed by atoms with Crippen LogP contribution in [0.3, 0.4) is 0 Å². The number of carbonyl (C=O) groups is 1. The third kappa shape index (κ3) is 4.97. The lowest BCUT2D eigenvalue weighted by atomic mass is 9.87. The second-order valence-electron chi connectivity index (χ2n) is 8.96. The Bertz CT molecular complexity index is 1270. The lowest BCUT2D eigenvalue weighted by Gasteiger charge is -2.23. The van der Waals surface area contributed by atoms with Crippen LogP contribution in [-0.2, 0) is 15.4 Å². The van der Waals surface area contributed by atoms with Crippen LogP contribution in [0, 0.1) is 5.82 Å². The third-order valence-electron chi connectivity index (χ3n) is 5.53. The van der Waals surface area contributed by atoms with Crippen molar-refractivity contribution in [1.82, 2.24) is 14.5 Å². The summed E-state index contributed by atoms with van der Waals surface area (Å²) in [5, 5.41) is 11.2. The summed E-state index contributed by atoms with van der Waals surface area (Å²) in [5.41, 5.74) is 1.28.